The molecule has 0 fully saturated rings. The predicted octanol–water partition coefficient (Wildman–Crippen LogP) is 4.03. The average Bonchev–Trinajstić information content (AvgIpc) is 2.74. The molecule has 5 nitrogen and oxygen atoms in total. The second-order valence-electron chi connectivity index (χ2n) is 7.08. The number of fused-ring (bicyclic) bond motifs is 1. The van der Waals surface area contributed by atoms with Gasteiger partial charge < -0.3 is 9.47 Å². The van der Waals surface area contributed by atoms with E-state index >= 15 is 0 Å². The standard InChI is InChI=1S/C23H25N3O2/c1-16-21(27-2)10-9-18(22(16)28-3)14-26-12-11-20-19(15-26)13-24-23(25-20)17-7-5-4-6-8-17/h4-10,13H,11-12,14-15H2,1-3H3. The van der Waals surface area contributed by atoms with Crippen LogP contribution in [0.2, 0.25) is 0 Å². The molecule has 2 heterocycles. The smallest absolute Gasteiger partial charge is 0.159 e. The zero-order valence-corrected chi connectivity index (χ0v) is 16.6. The maximum Gasteiger partial charge on any atom is 0.159 e. The van der Waals surface area contributed by atoms with Crippen LogP contribution in [-0.2, 0) is 19.5 Å². The van der Waals surface area contributed by atoms with Crippen molar-refractivity contribution in [3.8, 4) is 22.9 Å². The molecular formula is C23H25N3O2. The summed E-state index contributed by atoms with van der Waals surface area (Å²) in [6.07, 6.45) is 2.91. The number of benzene rings is 2. The summed E-state index contributed by atoms with van der Waals surface area (Å²) in [7, 11) is 3.41. The Hall–Kier alpha value is -2.92. The number of aromatic nitrogens is 2. The highest BCUT2D eigenvalue weighted by Crippen LogP contribution is 2.33. The van der Waals surface area contributed by atoms with Crippen LogP contribution >= 0.6 is 0 Å². The van der Waals surface area contributed by atoms with E-state index in [9.17, 15) is 0 Å². The number of hydrogen-bond donors (Lipinski definition) is 0. The van der Waals surface area contributed by atoms with Crippen LogP contribution in [-0.4, -0.2) is 35.6 Å². The van der Waals surface area contributed by atoms with Gasteiger partial charge in [-0.05, 0) is 13.0 Å². The SMILES string of the molecule is COc1ccc(CN2CCc3nc(-c4ccccc4)ncc3C2)c(OC)c1C. The molecule has 0 saturated heterocycles. The lowest BCUT2D eigenvalue weighted by Crippen LogP contribution is -2.31. The minimum Gasteiger partial charge on any atom is -0.496 e. The van der Waals surface area contributed by atoms with Gasteiger partial charge in [0.2, 0.25) is 0 Å². The van der Waals surface area contributed by atoms with Crippen LogP contribution < -0.4 is 9.47 Å². The maximum absolute atomic E-state index is 5.66. The summed E-state index contributed by atoms with van der Waals surface area (Å²) in [6.45, 7) is 4.67. The van der Waals surface area contributed by atoms with Crippen molar-refractivity contribution in [3.63, 3.8) is 0 Å². The van der Waals surface area contributed by atoms with Crippen LogP contribution in [0, 0.1) is 6.92 Å². The third kappa shape index (κ3) is 3.58. The number of rotatable bonds is 5. The van der Waals surface area contributed by atoms with Crippen LogP contribution in [0.5, 0.6) is 11.5 Å². The van der Waals surface area contributed by atoms with Crippen LogP contribution in [0.15, 0.2) is 48.7 Å². The van der Waals surface area contributed by atoms with Crippen LogP contribution in [0.4, 0.5) is 0 Å². The number of methoxy groups -OCH3 is 2. The molecule has 1 aliphatic rings. The summed E-state index contributed by atoms with van der Waals surface area (Å²) >= 11 is 0. The van der Waals surface area contributed by atoms with E-state index in [-0.39, 0.29) is 0 Å². The van der Waals surface area contributed by atoms with Crippen molar-refractivity contribution in [1.29, 1.82) is 0 Å². The van der Waals surface area contributed by atoms with E-state index in [2.05, 4.69) is 28.1 Å². The van der Waals surface area contributed by atoms with Gasteiger partial charge in [-0.25, -0.2) is 9.97 Å². The number of hydrogen-bond acceptors (Lipinski definition) is 5. The lowest BCUT2D eigenvalue weighted by molar-refractivity contribution is 0.239. The fourth-order valence-corrected chi connectivity index (χ4v) is 3.84. The van der Waals surface area contributed by atoms with Crippen molar-refractivity contribution in [3.05, 3.63) is 71.0 Å². The van der Waals surface area contributed by atoms with Gasteiger partial charge in [0.25, 0.3) is 0 Å². The van der Waals surface area contributed by atoms with Gasteiger partial charge in [0.1, 0.15) is 11.5 Å². The summed E-state index contributed by atoms with van der Waals surface area (Å²) in [6, 6.07) is 14.3. The van der Waals surface area contributed by atoms with Crippen molar-refractivity contribution in [1.82, 2.24) is 14.9 Å². The highest BCUT2D eigenvalue weighted by atomic mass is 16.5. The van der Waals surface area contributed by atoms with Crippen molar-refractivity contribution >= 4 is 0 Å². The molecule has 2 aromatic carbocycles. The van der Waals surface area contributed by atoms with E-state index in [0.29, 0.717) is 0 Å². The predicted molar refractivity (Wildman–Crippen MR) is 110 cm³/mol. The normalized spacial score (nSPS) is 13.8. The minimum absolute atomic E-state index is 0.806. The van der Waals surface area contributed by atoms with Gasteiger partial charge in [-0.15, -0.1) is 0 Å². The van der Waals surface area contributed by atoms with E-state index < -0.39 is 0 Å². The summed E-state index contributed by atoms with van der Waals surface area (Å²) in [5.41, 5.74) is 5.63. The Morgan fingerprint density at radius 1 is 1.04 bits per heavy atom. The molecule has 144 valence electrons. The van der Waals surface area contributed by atoms with Gasteiger partial charge >= 0.3 is 0 Å². The molecule has 0 radical (unpaired) electrons. The lowest BCUT2D eigenvalue weighted by Gasteiger charge is -2.29. The fourth-order valence-electron chi connectivity index (χ4n) is 3.84. The first-order chi connectivity index (χ1) is 13.7. The summed E-state index contributed by atoms with van der Waals surface area (Å²) in [5.74, 6) is 2.56. The fraction of sp³-hybridized carbons (Fsp3) is 0.304. The second kappa shape index (κ2) is 7.98. The molecular weight excluding hydrogens is 350 g/mol. The lowest BCUT2D eigenvalue weighted by atomic mass is 10.0. The Morgan fingerprint density at radius 2 is 1.86 bits per heavy atom. The highest BCUT2D eigenvalue weighted by molar-refractivity contribution is 5.55. The number of nitrogens with zero attached hydrogens (tertiary/aromatic N) is 3. The van der Waals surface area contributed by atoms with Crippen molar-refractivity contribution in [2.24, 2.45) is 0 Å². The van der Waals surface area contributed by atoms with E-state index in [1.165, 1.54) is 11.1 Å². The zero-order valence-electron chi connectivity index (χ0n) is 16.6. The van der Waals surface area contributed by atoms with Crippen LogP contribution in [0.25, 0.3) is 11.4 Å². The third-order valence-corrected chi connectivity index (χ3v) is 5.30. The summed E-state index contributed by atoms with van der Waals surface area (Å²) in [5, 5.41) is 0. The van der Waals surface area contributed by atoms with Gasteiger partial charge in [-0.3, -0.25) is 4.90 Å². The minimum atomic E-state index is 0.806. The molecule has 0 unspecified atom stereocenters. The van der Waals surface area contributed by atoms with Gasteiger partial charge in [0, 0.05) is 54.5 Å². The molecule has 0 atom stereocenters. The Morgan fingerprint density at radius 3 is 2.61 bits per heavy atom. The zero-order chi connectivity index (χ0) is 19.5. The van der Waals surface area contributed by atoms with E-state index in [1.807, 2.05) is 37.4 Å². The van der Waals surface area contributed by atoms with Crippen LogP contribution in [0.1, 0.15) is 22.4 Å². The first kappa shape index (κ1) is 18.4. The van der Waals surface area contributed by atoms with E-state index in [4.69, 9.17) is 14.5 Å². The largest absolute Gasteiger partial charge is 0.496 e. The summed E-state index contributed by atoms with van der Waals surface area (Å²) in [4.78, 5) is 11.8. The van der Waals surface area contributed by atoms with E-state index in [1.54, 1.807) is 14.2 Å². The molecule has 4 rings (SSSR count). The first-order valence-corrected chi connectivity index (χ1v) is 9.52. The van der Waals surface area contributed by atoms with Crippen molar-refractivity contribution in [2.45, 2.75) is 26.4 Å². The Labute approximate surface area is 166 Å². The molecule has 3 aromatic rings. The Bertz CT molecular complexity index is 973. The van der Waals surface area contributed by atoms with Gasteiger partial charge in [0.05, 0.1) is 19.9 Å². The number of ether oxygens (including phenoxy) is 2. The molecule has 28 heavy (non-hydrogen) atoms. The molecule has 0 N–H and O–H groups in total. The van der Waals surface area contributed by atoms with Crippen LogP contribution in [0.3, 0.4) is 0 Å². The van der Waals surface area contributed by atoms with E-state index in [0.717, 1.165) is 60.2 Å². The Kier molecular flexibility index (Phi) is 5.26. The van der Waals surface area contributed by atoms with Crippen molar-refractivity contribution in [2.75, 3.05) is 20.8 Å². The van der Waals surface area contributed by atoms with Gasteiger partial charge in [0.15, 0.2) is 5.82 Å². The van der Waals surface area contributed by atoms with Crippen molar-refractivity contribution < 1.29 is 9.47 Å². The van der Waals surface area contributed by atoms with Gasteiger partial charge in [-0.1, -0.05) is 36.4 Å². The second-order valence-corrected chi connectivity index (χ2v) is 7.08. The first-order valence-electron chi connectivity index (χ1n) is 9.52. The average molecular weight is 375 g/mol. The Balaban J connectivity index is 1.53. The topological polar surface area (TPSA) is 47.5 Å². The monoisotopic (exact) mass is 375 g/mol. The molecule has 1 aliphatic heterocycles. The highest BCUT2D eigenvalue weighted by Gasteiger charge is 2.21. The molecule has 0 aliphatic carbocycles. The molecule has 0 amide bonds. The molecule has 0 saturated carbocycles. The maximum atomic E-state index is 5.66. The molecule has 5 heteroatoms. The summed E-state index contributed by atoms with van der Waals surface area (Å²) < 4.78 is 11.1. The molecule has 1 aromatic heterocycles. The molecule has 0 bridgehead atoms. The quantitative estimate of drug-likeness (QED) is 0.674. The third-order valence-electron chi connectivity index (χ3n) is 5.30. The molecule has 0 spiro atoms. The van der Waals surface area contributed by atoms with Gasteiger partial charge in [-0.2, -0.15) is 0 Å².